The molecule has 3 aromatic rings. The molecule has 2 amide bonds. The number of hydrogen-bond acceptors (Lipinski definition) is 3. The van der Waals surface area contributed by atoms with Crippen molar-refractivity contribution in [1.29, 1.82) is 0 Å². The average molecular weight is 454 g/mol. The van der Waals surface area contributed by atoms with Gasteiger partial charge in [0.1, 0.15) is 0 Å². The fraction of sp³-hybridized carbons (Fsp3) is 0.241. The van der Waals surface area contributed by atoms with Crippen molar-refractivity contribution in [3.63, 3.8) is 0 Å². The fourth-order valence-corrected chi connectivity index (χ4v) is 4.10. The van der Waals surface area contributed by atoms with Crippen molar-refractivity contribution in [2.24, 2.45) is 0 Å². The van der Waals surface area contributed by atoms with Gasteiger partial charge in [-0.3, -0.25) is 9.59 Å². The fourth-order valence-electron chi connectivity index (χ4n) is 4.10. The van der Waals surface area contributed by atoms with Gasteiger partial charge < -0.3 is 15.5 Å². The molecule has 0 aromatic heterocycles. The molecule has 1 unspecified atom stereocenters. The Hall–Kier alpha value is -3.86. The number of nitrogens with zero attached hydrogens (tertiary/aromatic N) is 1. The van der Waals surface area contributed by atoms with E-state index in [1.807, 2.05) is 56.3 Å². The molecule has 4 rings (SSSR count). The minimum absolute atomic E-state index is 0.0643. The van der Waals surface area contributed by atoms with Crippen LogP contribution in [0.1, 0.15) is 47.3 Å². The van der Waals surface area contributed by atoms with Crippen LogP contribution in [-0.4, -0.2) is 24.4 Å². The van der Waals surface area contributed by atoms with E-state index in [1.54, 1.807) is 12.1 Å². The minimum Gasteiger partial charge on any atom is -0.366 e. The first-order chi connectivity index (χ1) is 16.5. The normalized spacial score (nSPS) is 13.9. The molecule has 0 radical (unpaired) electrons. The van der Waals surface area contributed by atoms with Gasteiger partial charge >= 0.3 is 0 Å². The van der Waals surface area contributed by atoms with Crippen molar-refractivity contribution in [2.75, 3.05) is 16.8 Å². The van der Waals surface area contributed by atoms with Crippen LogP contribution in [-0.2, 0) is 17.8 Å². The topological polar surface area (TPSA) is 61.4 Å². The van der Waals surface area contributed by atoms with Gasteiger partial charge in [-0.1, -0.05) is 61.5 Å². The van der Waals surface area contributed by atoms with Crippen LogP contribution in [0.2, 0.25) is 0 Å². The molecular formula is C29H31N3O2. The molecule has 2 N–H and O–H groups in total. The van der Waals surface area contributed by atoms with Gasteiger partial charge in [-0.15, -0.1) is 0 Å². The zero-order valence-electron chi connectivity index (χ0n) is 19.8. The first-order valence-electron chi connectivity index (χ1n) is 11.8. The third-order valence-corrected chi connectivity index (χ3v) is 6.20. The SMILES string of the molecule is CCC(C)NC(=O)c1cc(NC(=O)/C=C/c2ccccc2)ccc1N1CCc2ccccc2C1. The predicted octanol–water partition coefficient (Wildman–Crippen LogP) is 5.43. The lowest BCUT2D eigenvalue weighted by Gasteiger charge is -2.32. The van der Waals surface area contributed by atoms with Crippen molar-refractivity contribution in [3.05, 3.63) is 101 Å². The van der Waals surface area contributed by atoms with Crippen molar-refractivity contribution >= 4 is 29.3 Å². The lowest BCUT2D eigenvalue weighted by atomic mass is 9.98. The van der Waals surface area contributed by atoms with E-state index in [0.29, 0.717) is 11.3 Å². The summed E-state index contributed by atoms with van der Waals surface area (Å²) in [6, 6.07) is 23.8. The maximum absolute atomic E-state index is 13.2. The van der Waals surface area contributed by atoms with Crippen LogP contribution in [0.4, 0.5) is 11.4 Å². The molecule has 174 valence electrons. The summed E-state index contributed by atoms with van der Waals surface area (Å²) in [5, 5.41) is 5.98. The summed E-state index contributed by atoms with van der Waals surface area (Å²) in [5.74, 6) is -0.365. The maximum Gasteiger partial charge on any atom is 0.253 e. The molecule has 1 heterocycles. The number of fused-ring (bicyclic) bond motifs is 1. The molecule has 34 heavy (non-hydrogen) atoms. The molecule has 1 atom stereocenters. The number of rotatable bonds is 7. The van der Waals surface area contributed by atoms with E-state index in [2.05, 4.69) is 39.8 Å². The Kier molecular flexibility index (Phi) is 7.43. The first kappa shape index (κ1) is 23.3. The lowest BCUT2D eigenvalue weighted by molar-refractivity contribution is -0.111. The maximum atomic E-state index is 13.2. The number of hydrogen-bond donors (Lipinski definition) is 2. The first-order valence-corrected chi connectivity index (χ1v) is 11.8. The standard InChI is InChI=1S/C29H31N3O2/c1-3-21(2)30-29(34)26-19-25(31-28(33)16-13-22-9-5-4-6-10-22)14-15-27(26)32-18-17-23-11-7-8-12-24(23)20-32/h4-16,19,21H,3,17-18,20H2,1-2H3,(H,30,34)(H,31,33)/b16-13+. The lowest BCUT2D eigenvalue weighted by Crippen LogP contribution is -2.35. The van der Waals surface area contributed by atoms with Crippen LogP contribution in [0.5, 0.6) is 0 Å². The van der Waals surface area contributed by atoms with Crippen LogP contribution in [0, 0.1) is 0 Å². The van der Waals surface area contributed by atoms with E-state index in [9.17, 15) is 9.59 Å². The molecule has 0 fully saturated rings. The highest BCUT2D eigenvalue weighted by Crippen LogP contribution is 2.29. The van der Waals surface area contributed by atoms with Crippen molar-refractivity contribution in [1.82, 2.24) is 5.32 Å². The highest BCUT2D eigenvalue weighted by atomic mass is 16.2. The molecule has 5 heteroatoms. The smallest absolute Gasteiger partial charge is 0.253 e. The van der Waals surface area contributed by atoms with Gasteiger partial charge in [-0.25, -0.2) is 0 Å². The summed E-state index contributed by atoms with van der Waals surface area (Å²) in [4.78, 5) is 28.0. The summed E-state index contributed by atoms with van der Waals surface area (Å²) in [5.41, 5.74) is 5.65. The second kappa shape index (κ2) is 10.8. The molecule has 0 spiro atoms. The number of anilines is 2. The summed E-state index contributed by atoms with van der Waals surface area (Å²) in [6.07, 6.45) is 5.05. The minimum atomic E-state index is -0.239. The Labute approximate surface area is 201 Å². The van der Waals surface area contributed by atoms with Crippen molar-refractivity contribution in [2.45, 2.75) is 39.3 Å². The van der Waals surface area contributed by atoms with E-state index in [-0.39, 0.29) is 17.9 Å². The molecule has 1 aliphatic rings. The van der Waals surface area contributed by atoms with Crippen LogP contribution in [0.15, 0.2) is 78.9 Å². The van der Waals surface area contributed by atoms with E-state index in [0.717, 1.165) is 37.2 Å². The Morgan fingerprint density at radius 2 is 1.74 bits per heavy atom. The Bertz CT molecular complexity index is 1190. The molecule has 3 aromatic carbocycles. The highest BCUT2D eigenvalue weighted by Gasteiger charge is 2.22. The Morgan fingerprint density at radius 3 is 2.50 bits per heavy atom. The van der Waals surface area contributed by atoms with E-state index in [4.69, 9.17) is 0 Å². The van der Waals surface area contributed by atoms with Gasteiger partial charge in [0.05, 0.1) is 5.56 Å². The number of benzene rings is 3. The molecule has 0 bridgehead atoms. The molecule has 5 nitrogen and oxygen atoms in total. The van der Waals surface area contributed by atoms with Gasteiger partial charge in [-0.2, -0.15) is 0 Å². The number of amides is 2. The summed E-state index contributed by atoms with van der Waals surface area (Å²) in [6.45, 7) is 5.63. The Balaban J connectivity index is 1.57. The predicted molar refractivity (Wildman–Crippen MR) is 139 cm³/mol. The zero-order valence-corrected chi connectivity index (χ0v) is 19.8. The van der Waals surface area contributed by atoms with Crippen molar-refractivity contribution < 1.29 is 9.59 Å². The molecule has 0 saturated heterocycles. The molecule has 1 aliphatic heterocycles. The number of carbonyl (C=O) groups excluding carboxylic acids is 2. The van der Waals surface area contributed by atoms with E-state index < -0.39 is 0 Å². The zero-order chi connectivity index (χ0) is 23.9. The van der Waals surface area contributed by atoms with E-state index in [1.165, 1.54) is 17.2 Å². The van der Waals surface area contributed by atoms with Gasteiger partial charge in [-0.05, 0) is 60.7 Å². The van der Waals surface area contributed by atoms with Gasteiger partial charge in [0.15, 0.2) is 0 Å². The van der Waals surface area contributed by atoms with E-state index >= 15 is 0 Å². The largest absolute Gasteiger partial charge is 0.366 e. The van der Waals surface area contributed by atoms with Crippen LogP contribution < -0.4 is 15.5 Å². The summed E-state index contributed by atoms with van der Waals surface area (Å²) in [7, 11) is 0. The third-order valence-electron chi connectivity index (χ3n) is 6.20. The summed E-state index contributed by atoms with van der Waals surface area (Å²) >= 11 is 0. The molecular weight excluding hydrogens is 422 g/mol. The Morgan fingerprint density at radius 1 is 1.00 bits per heavy atom. The van der Waals surface area contributed by atoms with Gasteiger partial charge in [0.25, 0.3) is 5.91 Å². The van der Waals surface area contributed by atoms with Crippen molar-refractivity contribution in [3.8, 4) is 0 Å². The average Bonchev–Trinajstić information content (AvgIpc) is 2.87. The van der Waals surface area contributed by atoms with Crippen LogP contribution in [0.25, 0.3) is 6.08 Å². The quantitative estimate of drug-likeness (QED) is 0.469. The highest BCUT2D eigenvalue weighted by molar-refractivity contribution is 6.05. The number of nitrogens with one attached hydrogen (secondary N) is 2. The second-order valence-electron chi connectivity index (χ2n) is 8.69. The van der Waals surface area contributed by atoms with Gasteiger partial charge in [0.2, 0.25) is 5.91 Å². The third kappa shape index (κ3) is 5.73. The molecule has 0 saturated carbocycles. The molecule has 0 aliphatic carbocycles. The second-order valence-corrected chi connectivity index (χ2v) is 8.69. The van der Waals surface area contributed by atoms with Crippen LogP contribution >= 0.6 is 0 Å². The summed E-state index contributed by atoms with van der Waals surface area (Å²) < 4.78 is 0. The van der Waals surface area contributed by atoms with Crippen LogP contribution in [0.3, 0.4) is 0 Å². The monoisotopic (exact) mass is 453 g/mol. The number of carbonyl (C=O) groups is 2. The van der Waals surface area contributed by atoms with Gasteiger partial charge in [0, 0.05) is 36.6 Å².